The lowest BCUT2D eigenvalue weighted by atomic mass is 10.1. The van der Waals surface area contributed by atoms with Crippen LogP contribution < -0.4 is 21.5 Å². The van der Waals surface area contributed by atoms with Crippen molar-refractivity contribution in [3.63, 3.8) is 0 Å². The maximum Gasteiger partial charge on any atom is 0.241 e. The van der Waals surface area contributed by atoms with Gasteiger partial charge in [0.05, 0.1) is 18.3 Å². The minimum atomic E-state index is -3.77. The van der Waals surface area contributed by atoms with E-state index in [1.54, 1.807) is 12.1 Å². The number of aliphatic imine (C=N–C) groups is 1. The lowest BCUT2D eigenvalue weighted by Gasteiger charge is -2.25. The Hall–Kier alpha value is -2.99. The standard InChI is InChI=1S/C22H34N6O5S/c1-16-7-2-3-8-17(16)15-34(32,33)27-19-10-4-5-12-28(21(19)31)13-20(30)26-18(14-29)9-6-11-25-22(23)24/h2-3,7-8,14,18-19,27H,4-6,9-13,15H2,1H3,(H,26,30)(H4,23,24,25)/t18-,19-/m0/s1. The Morgan fingerprint density at radius 2 is 2.03 bits per heavy atom. The van der Waals surface area contributed by atoms with Gasteiger partial charge in [0.15, 0.2) is 5.96 Å². The monoisotopic (exact) mass is 494 g/mol. The molecule has 1 aliphatic rings. The minimum Gasteiger partial charge on any atom is -0.370 e. The molecule has 1 fully saturated rings. The highest BCUT2D eigenvalue weighted by Crippen LogP contribution is 2.16. The first-order valence-corrected chi connectivity index (χ1v) is 12.9. The first-order chi connectivity index (χ1) is 16.1. The van der Waals surface area contributed by atoms with Crippen molar-refractivity contribution in [2.45, 2.75) is 56.9 Å². The van der Waals surface area contributed by atoms with E-state index in [0.717, 1.165) is 5.56 Å². The molecule has 11 nitrogen and oxygen atoms in total. The molecule has 2 amide bonds. The molecule has 0 aliphatic carbocycles. The predicted molar refractivity (Wildman–Crippen MR) is 129 cm³/mol. The number of hydrogen-bond donors (Lipinski definition) is 4. The molecule has 0 radical (unpaired) electrons. The number of nitrogens with one attached hydrogen (secondary N) is 2. The number of aryl methyl sites for hydroxylation is 1. The van der Waals surface area contributed by atoms with E-state index in [1.165, 1.54) is 4.90 Å². The van der Waals surface area contributed by atoms with Crippen LogP contribution in [0.5, 0.6) is 0 Å². The molecule has 0 aromatic heterocycles. The van der Waals surface area contributed by atoms with Gasteiger partial charge in [-0.05, 0) is 50.2 Å². The highest BCUT2D eigenvalue weighted by Gasteiger charge is 2.31. The van der Waals surface area contributed by atoms with E-state index < -0.39 is 33.9 Å². The van der Waals surface area contributed by atoms with Crippen LogP contribution in [0.1, 0.15) is 43.2 Å². The lowest BCUT2D eigenvalue weighted by molar-refractivity contribution is -0.137. The molecule has 188 valence electrons. The van der Waals surface area contributed by atoms with Crippen LogP contribution in [-0.4, -0.2) is 69.1 Å². The summed E-state index contributed by atoms with van der Waals surface area (Å²) in [4.78, 5) is 42.0. The molecule has 1 aliphatic heterocycles. The first kappa shape index (κ1) is 27.3. The van der Waals surface area contributed by atoms with Crippen LogP contribution in [0.25, 0.3) is 0 Å². The second-order valence-corrected chi connectivity index (χ2v) is 10.1. The zero-order valence-corrected chi connectivity index (χ0v) is 20.2. The van der Waals surface area contributed by atoms with E-state index >= 15 is 0 Å². The number of carbonyl (C=O) groups excluding carboxylic acids is 3. The number of hydrogen-bond acceptors (Lipinski definition) is 6. The van der Waals surface area contributed by atoms with Crippen LogP contribution in [-0.2, 0) is 30.2 Å². The second-order valence-electron chi connectivity index (χ2n) is 8.37. The molecule has 0 saturated carbocycles. The Morgan fingerprint density at radius 1 is 1.29 bits per heavy atom. The third-order valence-corrected chi connectivity index (χ3v) is 6.86. The molecule has 2 atom stereocenters. The topological polar surface area (TPSA) is 177 Å². The molecule has 0 spiro atoms. The zero-order valence-electron chi connectivity index (χ0n) is 19.4. The van der Waals surface area contributed by atoms with Gasteiger partial charge >= 0.3 is 0 Å². The van der Waals surface area contributed by atoms with Crippen molar-refractivity contribution in [1.29, 1.82) is 0 Å². The van der Waals surface area contributed by atoms with Gasteiger partial charge in [0.2, 0.25) is 21.8 Å². The molecule has 2 rings (SSSR count). The Bertz CT molecular complexity index is 993. The van der Waals surface area contributed by atoms with Gasteiger partial charge in [-0.3, -0.25) is 14.6 Å². The summed E-state index contributed by atoms with van der Waals surface area (Å²) in [5.41, 5.74) is 12.0. The van der Waals surface area contributed by atoms with Crippen LogP contribution in [0.15, 0.2) is 29.3 Å². The van der Waals surface area contributed by atoms with Crippen LogP contribution in [0.2, 0.25) is 0 Å². The van der Waals surface area contributed by atoms with Crippen molar-refractivity contribution < 1.29 is 22.8 Å². The third-order valence-electron chi connectivity index (χ3n) is 5.52. The van der Waals surface area contributed by atoms with E-state index in [-0.39, 0.29) is 18.3 Å². The Balaban J connectivity index is 1.95. The average molecular weight is 495 g/mol. The van der Waals surface area contributed by atoms with Gasteiger partial charge in [0.1, 0.15) is 12.3 Å². The minimum absolute atomic E-state index is 0.0459. The van der Waals surface area contributed by atoms with Gasteiger partial charge in [0, 0.05) is 13.1 Å². The van der Waals surface area contributed by atoms with Gasteiger partial charge in [-0.2, -0.15) is 0 Å². The van der Waals surface area contributed by atoms with E-state index in [2.05, 4.69) is 15.0 Å². The van der Waals surface area contributed by atoms with Crippen LogP contribution >= 0.6 is 0 Å². The number of rotatable bonds is 12. The summed E-state index contributed by atoms with van der Waals surface area (Å²) < 4.78 is 28.0. The number of nitrogens with zero attached hydrogens (tertiary/aromatic N) is 2. The summed E-state index contributed by atoms with van der Waals surface area (Å²) in [6, 6.07) is 5.49. The Labute approximate surface area is 200 Å². The van der Waals surface area contributed by atoms with Crippen molar-refractivity contribution in [3.05, 3.63) is 35.4 Å². The van der Waals surface area contributed by atoms with Crippen molar-refractivity contribution in [2.24, 2.45) is 16.5 Å². The fourth-order valence-electron chi connectivity index (χ4n) is 3.73. The molecule has 1 aromatic rings. The molecule has 0 unspecified atom stereocenters. The summed E-state index contributed by atoms with van der Waals surface area (Å²) >= 11 is 0. The van der Waals surface area contributed by atoms with Gasteiger partial charge in [-0.25, -0.2) is 13.1 Å². The van der Waals surface area contributed by atoms with Gasteiger partial charge in [-0.15, -0.1) is 0 Å². The van der Waals surface area contributed by atoms with Gasteiger partial charge in [-0.1, -0.05) is 24.3 Å². The molecule has 1 saturated heterocycles. The SMILES string of the molecule is Cc1ccccc1CS(=O)(=O)N[C@H]1CCCCN(CC(=O)N[C@H](C=O)CCCN=C(N)N)C1=O. The molecule has 1 heterocycles. The number of amides is 2. The largest absolute Gasteiger partial charge is 0.370 e. The lowest BCUT2D eigenvalue weighted by Crippen LogP contribution is -2.51. The zero-order chi connectivity index (χ0) is 25.1. The summed E-state index contributed by atoms with van der Waals surface area (Å²) in [7, 11) is -3.77. The average Bonchev–Trinajstić information content (AvgIpc) is 2.93. The number of aldehydes is 1. The number of nitrogens with two attached hydrogens (primary N) is 2. The molecular formula is C22H34N6O5S. The normalized spacial score (nSPS) is 17.5. The first-order valence-electron chi connectivity index (χ1n) is 11.2. The maximum atomic E-state index is 13.0. The quantitative estimate of drug-likeness (QED) is 0.131. The fraction of sp³-hybridized carbons (Fsp3) is 0.545. The van der Waals surface area contributed by atoms with Crippen molar-refractivity contribution >= 4 is 34.1 Å². The van der Waals surface area contributed by atoms with E-state index in [0.29, 0.717) is 57.0 Å². The van der Waals surface area contributed by atoms with Crippen molar-refractivity contribution in [3.8, 4) is 0 Å². The Kier molecular flexibility index (Phi) is 10.5. The van der Waals surface area contributed by atoms with Crippen molar-refractivity contribution in [2.75, 3.05) is 19.6 Å². The third kappa shape index (κ3) is 9.10. The van der Waals surface area contributed by atoms with Crippen LogP contribution in [0.4, 0.5) is 0 Å². The Morgan fingerprint density at radius 3 is 2.71 bits per heavy atom. The molecule has 12 heteroatoms. The van der Waals surface area contributed by atoms with Crippen molar-refractivity contribution in [1.82, 2.24) is 14.9 Å². The van der Waals surface area contributed by atoms with Gasteiger partial charge < -0.3 is 26.5 Å². The van der Waals surface area contributed by atoms with Gasteiger partial charge in [0.25, 0.3) is 0 Å². The molecule has 6 N–H and O–H groups in total. The van der Waals surface area contributed by atoms with Crippen LogP contribution in [0.3, 0.4) is 0 Å². The molecule has 1 aromatic carbocycles. The van der Waals surface area contributed by atoms with E-state index in [9.17, 15) is 22.8 Å². The van der Waals surface area contributed by atoms with E-state index in [1.807, 2.05) is 19.1 Å². The summed E-state index contributed by atoms with van der Waals surface area (Å²) in [6.45, 7) is 2.23. The molecule has 0 bridgehead atoms. The summed E-state index contributed by atoms with van der Waals surface area (Å²) in [5.74, 6) is -1.22. The number of benzene rings is 1. The van der Waals surface area contributed by atoms with E-state index in [4.69, 9.17) is 11.5 Å². The summed E-state index contributed by atoms with van der Waals surface area (Å²) in [5, 5.41) is 2.59. The fourth-order valence-corrected chi connectivity index (χ4v) is 5.19. The number of sulfonamides is 1. The smallest absolute Gasteiger partial charge is 0.241 e. The molecular weight excluding hydrogens is 460 g/mol. The predicted octanol–water partition coefficient (Wildman–Crippen LogP) is -0.467. The highest BCUT2D eigenvalue weighted by molar-refractivity contribution is 7.88. The number of likely N-dealkylation sites (tertiary alicyclic amines) is 1. The highest BCUT2D eigenvalue weighted by atomic mass is 32.2. The molecule has 34 heavy (non-hydrogen) atoms. The number of guanidine groups is 1. The van der Waals surface area contributed by atoms with Crippen LogP contribution in [0, 0.1) is 6.92 Å². The maximum absolute atomic E-state index is 13.0. The summed E-state index contributed by atoms with van der Waals surface area (Å²) in [6.07, 6.45) is 3.11. The number of carbonyl (C=O) groups is 3. The second kappa shape index (κ2) is 13.0.